The summed E-state index contributed by atoms with van der Waals surface area (Å²) in [5.41, 5.74) is -0.0268. The molecule has 0 saturated heterocycles. The summed E-state index contributed by atoms with van der Waals surface area (Å²) in [5, 5.41) is 2.29. The van der Waals surface area contributed by atoms with Gasteiger partial charge < -0.3 is 5.32 Å². The number of rotatable bonds is 5. The number of anilines is 2. The van der Waals surface area contributed by atoms with Crippen LogP contribution in [0.25, 0.3) is 0 Å². The minimum Gasteiger partial charge on any atom is -0.319 e. The highest BCUT2D eigenvalue weighted by molar-refractivity contribution is 7.92. The molecule has 3 rings (SSSR count). The first-order chi connectivity index (χ1) is 13.2. The SMILES string of the molecule is O=C(Nc1ccc(S(=O)(=O)Nc2ccc(F)cc2)cc1F)c1ccc(F)cc1. The van der Waals surface area contributed by atoms with Crippen LogP contribution < -0.4 is 10.0 Å². The fraction of sp³-hybridized carbons (Fsp3) is 0. The highest BCUT2D eigenvalue weighted by Gasteiger charge is 2.18. The molecule has 0 saturated carbocycles. The van der Waals surface area contributed by atoms with Gasteiger partial charge in [0, 0.05) is 11.3 Å². The molecule has 0 aliphatic rings. The molecule has 0 unspecified atom stereocenters. The lowest BCUT2D eigenvalue weighted by Gasteiger charge is -2.11. The Morgan fingerprint density at radius 2 is 1.36 bits per heavy atom. The molecule has 3 aromatic rings. The van der Waals surface area contributed by atoms with E-state index in [-0.39, 0.29) is 21.8 Å². The van der Waals surface area contributed by atoms with Crippen molar-refractivity contribution in [2.75, 3.05) is 10.0 Å². The Balaban J connectivity index is 1.78. The molecule has 2 N–H and O–H groups in total. The second-order valence-electron chi connectivity index (χ2n) is 5.72. The normalized spacial score (nSPS) is 11.1. The highest BCUT2D eigenvalue weighted by atomic mass is 32.2. The Morgan fingerprint density at radius 1 is 0.786 bits per heavy atom. The fourth-order valence-electron chi connectivity index (χ4n) is 2.29. The molecule has 0 atom stereocenters. The maximum Gasteiger partial charge on any atom is 0.261 e. The number of hydrogen-bond acceptors (Lipinski definition) is 3. The van der Waals surface area contributed by atoms with Crippen LogP contribution >= 0.6 is 0 Å². The van der Waals surface area contributed by atoms with E-state index in [4.69, 9.17) is 0 Å². The molecule has 1 amide bonds. The van der Waals surface area contributed by atoms with Crippen molar-refractivity contribution >= 4 is 27.3 Å². The molecule has 0 aliphatic carbocycles. The molecule has 28 heavy (non-hydrogen) atoms. The van der Waals surface area contributed by atoms with Crippen molar-refractivity contribution in [3.63, 3.8) is 0 Å². The lowest BCUT2D eigenvalue weighted by Crippen LogP contribution is -2.15. The zero-order valence-electron chi connectivity index (χ0n) is 14.1. The van der Waals surface area contributed by atoms with Gasteiger partial charge in [-0.2, -0.15) is 0 Å². The Labute approximate surface area is 158 Å². The molecule has 9 heteroatoms. The first kappa shape index (κ1) is 19.4. The number of hydrogen-bond donors (Lipinski definition) is 2. The monoisotopic (exact) mass is 406 g/mol. The lowest BCUT2D eigenvalue weighted by atomic mass is 10.2. The third-order valence-corrected chi connectivity index (χ3v) is 5.08. The van der Waals surface area contributed by atoms with Crippen LogP contribution in [-0.4, -0.2) is 14.3 Å². The van der Waals surface area contributed by atoms with Crippen molar-refractivity contribution in [2.24, 2.45) is 0 Å². The average Bonchev–Trinajstić information content (AvgIpc) is 2.65. The van der Waals surface area contributed by atoms with Gasteiger partial charge in [-0.1, -0.05) is 0 Å². The van der Waals surface area contributed by atoms with Crippen LogP contribution in [0.5, 0.6) is 0 Å². The van der Waals surface area contributed by atoms with Gasteiger partial charge in [0.15, 0.2) is 0 Å². The Bertz CT molecular complexity index is 1120. The van der Waals surface area contributed by atoms with Gasteiger partial charge in [-0.15, -0.1) is 0 Å². The molecule has 3 aromatic carbocycles. The van der Waals surface area contributed by atoms with E-state index in [9.17, 15) is 26.4 Å². The van der Waals surface area contributed by atoms with Crippen molar-refractivity contribution in [1.29, 1.82) is 0 Å². The summed E-state index contributed by atoms with van der Waals surface area (Å²) in [6.07, 6.45) is 0. The topological polar surface area (TPSA) is 75.3 Å². The first-order valence-corrected chi connectivity index (χ1v) is 9.38. The highest BCUT2D eigenvalue weighted by Crippen LogP contribution is 2.22. The summed E-state index contributed by atoms with van der Waals surface area (Å²) in [6, 6.07) is 12.2. The van der Waals surface area contributed by atoms with Crippen molar-refractivity contribution in [3.8, 4) is 0 Å². The molecule has 5 nitrogen and oxygen atoms in total. The number of sulfonamides is 1. The van der Waals surface area contributed by atoms with Gasteiger partial charge in [0.25, 0.3) is 15.9 Å². The van der Waals surface area contributed by atoms with Gasteiger partial charge in [0.1, 0.15) is 17.5 Å². The lowest BCUT2D eigenvalue weighted by molar-refractivity contribution is 0.102. The third-order valence-electron chi connectivity index (χ3n) is 3.70. The van der Waals surface area contributed by atoms with E-state index in [1.54, 1.807) is 0 Å². The fourth-order valence-corrected chi connectivity index (χ4v) is 3.36. The van der Waals surface area contributed by atoms with Gasteiger partial charge in [-0.05, 0) is 66.7 Å². The molecular weight excluding hydrogens is 393 g/mol. The average molecular weight is 406 g/mol. The summed E-state index contributed by atoms with van der Waals surface area (Å²) < 4.78 is 67.0. The van der Waals surface area contributed by atoms with E-state index in [1.165, 1.54) is 24.3 Å². The molecule has 0 aromatic heterocycles. The van der Waals surface area contributed by atoms with Crippen LogP contribution in [0, 0.1) is 17.5 Å². The van der Waals surface area contributed by atoms with Crippen molar-refractivity contribution in [2.45, 2.75) is 4.90 Å². The van der Waals surface area contributed by atoms with Crippen molar-refractivity contribution in [3.05, 3.63) is 89.7 Å². The minimum absolute atomic E-state index is 0.107. The molecule has 0 radical (unpaired) electrons. The quantitative estimate of drug-likeness (QED) is 0.668. The smallest absolute Gasteiger partial charge is 0.261 e. The molecule has 144 valence electrons. The Hall–Kier alpha value is -3.33. The van der Waals surface area contributed by atoms with Crippen molar-refractivity contribution < 1.29 is 26.4 Å². The van der Waals surface area contributed by atoms with E-state index in [0.29, 0.717) is 0 Å². The van der Waals surface area contributed by atoms with Gasteiger partial charge >= 0.3 is 0 Å². The van der Waals surface area contributed by atoms with Crippen LogP contribution in [-0.2, 0) is 10.0 Å². The number of amides is 1. The van der Waals surface area contributed by atoms with Crippen LogP contribution in [0.15, 0.2) is 71.6 Å². The number of carbonyl (C=O) groups is 1. The molecule has 0 fully saturated rings. The maximum absolute atomic E-state index is 14.3. The maximum atomic E-state index is 14.3. The largest absolute Gasteiger partial charge is 0.319 e. The van der Waals surface area contributed by atoms with E-state index in [1.807, 2.05) is 0 Å². The van der Waals surface area contributed by atoms with Crippen LogP contribution in [0.4, 0.5) is 24.5 Å². The number of benzene rings is 3. The van der Waals surface area contributed by atoms with E-state index >= 15 is 0 Å². The molecule has 0 bridgehead atoms. The standard InChI is InChI=1S/C19H13F3N2O3S/c20-13-3-1-12(2-4-13)19(25)23-18-10-9-16(11-17(18)22)28(26,27)24-15-7-5-14(21)6-8-15/h1-11,24H,(H,23,25). The summed E-state index contributed by atoms with van der Waals surface area (Å²) in [7, 11) is -4.12. The summed E-state index contributed by atoms with van der Waals surface area (Å²) in [5.74, 6) is -2.71. The molecule has 0 spiro atoms. The zero-order chi connectivity index (χ0) is 20.3. The molecule has 0 heterocycles. The predicted octanol–water partition coefficient (Wildman–Crippen LogP) is 4.16. The third kappa shape index (κ3) is 4.49. The van der Waals surface area contributed by atoms with E-state index in [0.717, 1.165) is 42.5 Å². The summed E-state index contributed by atoms with van der Waals surface area (Å²) >= 11 is 0. The van der Waals surface area contributed by atoms with Gasteiger partial charge in [0.2, 0.25) is 0 Å². The van der Waals surface area contributed by atoms with Crippen molar-refractivity contribution in [1.82, 2.24) is 0 Å². The summed E-state index contributed by atoms with van der Waals surface area (Å²) in [6.45, 7) is 0. The number of nitrogens with one attached hydrogen (secondary N) is 2. The van der Waals surface area contributed by atoms with Gasteiger partial charge in [-0.3, -0.25) is 9.52 Å². The predicted molar refractivity (Wildman–Crippen MR) is 98.0 cm³/mol. The van der Waals surface area contributed by atoms with Crippen LogP contribution in [0.1, 0.15) is 10.4 Å². The number of halogens is 3. The zero-order valence-corrected chi connectivity index (χ0v) is 14.9. The minimum atomic E-state index is -4.12. The number of carbonyl (C=O) groups excluding carboxylic acids is 1. The first-order valence-electron chi connectivity index (χ1n) is 7.89. The second-order valence-corrected chi connectivity index (χ2v) is 7.40. The Morgan fingerprint density at radius 3 is 1.93 bits per heavy atom. The second kappa shape index (κ2) is 7.73. The van der Waals surface area contributed by atoms with E-state index < -0.39 is 33.4 Å². The molecule has 0 aliphatic heterocycles. The van der Waals surface area contributed by atoms with Crippen LogP contribution in [0.2, 0.25) is 0 Å². The van der Waals surface area contributed by atoms with Gasteiger partial charge in [-0.25, -0.2) is 21.6 Å². The Kier molecular flexibility index (Phi) is 5.36. The molecular formula is C19H13F3N2O3S. The summed E-state index contributed by atoms with van der Waals surface area (Å²) in [4.78, 5) is 11.7. The van der Waals surface area contributed by atoms with Gasteiger partial charge in [0.05, 0.1) is 10.6 Å². The van der Waals surface area contributed by atoms with Crippen LogP contribution in [0.3, 0.4) is 0 Å². The van der Waals surface area contributed by atoms with E-state index in [2.05, 4.69) is 10.0 Å².